The molecule has 0 aromatic heterocycles. The van der Waals surface area contributed by atoms with Crippen molar-refractivity contribution in [2.45, 2.75) is 57.9 Å². The summed E-state index contributed by atoms with van der Waals surface area (Å²) in [7, 11) is 0. The van der Waals surface area contributed by atoms with Crippen LogP contribution in [0.25, 0.3) is 0 Å². The van der Waals surface area contributed by atoms with Crippen molar-refractivity contribution < 1.29 is 4.74 Å². The summed E-state index contributed by atoms with van der Waals surface area (Å²) in [6.07, 6.45) is 9.91. The topological polar surface area (TPSA) is 21.3 Å². The quantitative estimate of drug-likeness (QED) is 0.641. The van der Waals surface area contributed by atoms with Crippen molar-refractivity contribution in [3.63, 3.8) is 0 Å². The first-order valence-corrected chi connectivity index (χ1v) is 7.21. The van der Waals surface area contributed by atoms with Gasteiger partial charge in [0.15, 0.2) is 0 Å². The lowest BCUT2D eigenvalue weighted by Gasteiger charge is -2.23. The Morgan fingerprint density at radius 1 is 1.19 bits per heavy atom. The lowest BCUT2D eigenvalue weighted by Crippen LogP contribution is -2.29. The molecular formula is C14H27NO. The molecule has 2 fully saturated rings. The van der Waals surface area contributed by atoms with Crippen LogP contribution in [0.4, 0.5) is 0 Å². The van der Waals surface area contributed by atoms with E-state index >= 15 is 0 Å². The molecule has 0 saturated heterocycles. The van der Waals surface area contributed by atoms with Crippen molar-refractivity contribution in [1.82, 2.24) is 5.32 Å². The number of hydrogen-bond donors (Lipinski definition) is 1. The van der Waals surface area contributed by atoms with Gasteiger partial charge in [0.1, 0.15) is 0 Å². The van der Waals surface area contributed by atoms with Crippen LogP contribution in [0.2, 0.25) is 0 Å². The Morgan fingerprint density at radius 3 is 2.56 bits per heavy atom. The molecule has 2 aliphatic rings. The highest BCUT2D eigenvalue weighted by Crippen LogP contribution is 2.33. The van der Waals surface area contributed by atoms with E-state index in [-0.39, 0.29) is 0 Å². The summed E-state index contributed by atoms with van der Waals surface area (Å²) in [5, 5.41) is 3.70. The minimum absolute atomic E-state index is 0.857. The number of nitrogens with one attached hydrogen (secondary N) is 1. The predicted molar refractivity (Wildman–Crippen MR) is 67.6 cm³/mol. The average Bonchev–Trinajstić information content (AvgIpc) is 2.96. The van der Waals surface area contributed by atoms with Crippen LogP contribution in [-0.2, 0) is 4.74 Å². The maximum Gasteiger partial charge on any atom is 0.0469 e. The van der Waals surface area contributed by atoms with Crippen molar-refractivity contribution >= 4 is 0 Å². The van der Waals surface area contributed by atoms with E-state index in [0.717, 1.165) is 31.1 Å². The smallest absolute Gasteiger partial charge is 0.0469 e. The zero-order valence-electron chi connectivity index (χ0n) is 10.7. The molecule has 2 rings (SSSR count). The van der Waals surface area contributed by atoms with E-state index in [0.29, 0.717) is 0 Å². The number of rotatable bonds is 8. The minimum atomic E-state index is 0.857. The SMILES string of the molecule is CCOCCC(CNC1CC1)C1CCCC1. The molecule has 0 bridgehead atoms. The molecule has 0 heterocycles. The third-order valence-corrected chi connectivity index (χ3v) is 4.15. The average molecular weight is 225 g/mol. The van der Waals surface area contributed by atoms with Crippen molar-refractivity contribution in [3.05, 3.63) is 0 Å². The van der Waals surface area contributed by atoms with Crippen molar-refractivity contribution in [1.29, 1.82) is 0 Å². The maximum atomic E-state index is 5.52. The van der Waals surface area contributed by atoms with Gasteiger partial charge in [-0.05, 0) is 44.6 Å². The Balaban J connectivity index is 1.69. The Hall–Kier alpha value is -0.0800. The van der Waals surface area contributed by atoms with Crippen LogP contribution in [0, 0.1) is 11.8 Å². The third kappa shape index (κ3) is 4.06. The van der Waals surface area contributed by atoms with E-state index in [1.807, 2.05) is 0 Å². The monoisotopic (exact) mass is 225 g/mol. The van der Waals surface area contributed by atoms with Gasteiger partial charge in [-0.3, -0.25) is 0 Å². The Bertz CT molecular complexity index is 185. The van der Waals surface area contributed by atoms with Gasteiger partial charge < -0.3 is 10.1 Å². The fraction of sp³-hybridized carbons (Fsp3) is 1.00. The van der Waals surface area contributed by atoms with Gasteiger partial charge in [-0.25, -0.2) is 0 Å². The summed E-state index contributed by atoms with van der Waals surface area (Å²) in [4.78, 5) is 0. The van der Waals surface area contributed by atoms with Gasteiger partial charge in [0.25, 0.3) is 0 Å². The zero-order chi connectivity index (χ0) is 11.2. The number of ether oxygens (including phenoxy) is 1. The van der Waals surface area contributed by atoms with Gasteiger partial charge in [-0.15, -0.1) is 0 Å². The molecule has 2 nitrogen and oxygen atoms in total. The highest BCUT2D eigenvalue weighted by atomic mass is 16.5. The van der Waals surface area contributed by atoms with E-state index in [9.17, 15) is 0 Å². The van der Waals surface area contributed by atoms with Crippen LogP contribution in [0.15, 0.2) is 0 Å². The summed E-state index contributed by atoms with van der Waals surface area (Å²) in [6.45, 7) is 5.16. The standard InChI is InChI=1S/C14H27NO/c1-2-16-10-9-13(11-15-14-7-8-14)12-5-3-4-6-12/h12-15H,2-11H2,1H3. The molecule has 94 valence electrons. The summed E-state index contributed by atoms with van der Waals surface area (Å²) in [5.74, 6) is 1.85. The van der Waals surface area contributed by atoms with E-state index < -0.39 is 0 Å². The first kappa shape index (κ1) is 12.4. The van der Waals surface area contributed by atoms with Crippen molar-refractivity contribution in [2.75, 3.05) is 19.8 Å². The van der Waals surface area contributed by atoms with Crippen LogP contribution >= 0.6 is 0 Å². The lowest BCUT2D eigenvalue weighted by molar-refractivity contribution is 0.120. The highest BCUT2D eigenvalue weighted by Gasteiger charge is 2.27. The van der Waals surface area contributed by atoms with Crippen molar-refractivity contribution in [2.24, 2.45) is 11.8 Å². The molecule has 1 N–H and O–H groups in total. The second-order valence-electron chi connectivity index (χ2n) is 5.47. The summed E-state index contributed by atoms with van der Waals surface area (Å²) in [5.41, 5.74) is 0. The lowest BCUT2D eigenvalue weighted by atomic mass is 9.88. The Labute approximate surface area is 100 Å². The van der Waals surface area contributed by atoms with E-state index in [1.165, 1.54) is 51.5 Å². The van der Waals surface area contributed by atoms with Crippen molar-refractivity contribution in [3.8, 4) is 0 Å². The molecule has 0 amide bonds. The van der Waals surface area contributed by atoms with Gasteiger partial charge in [0.2, 0.25) is 0 Å². The summed E-state index contributed by atoms with van der Waals surface area (Å²) < 4.78 is 5.52. The molecule has 0 spiro atoms. The normalized spacial score (nSPS) is 23.8. The minimum Gasteiger partial charge on any atom is -0.382 e. The maximum absolute atomic E-state index is 5.52. The Morgan fingerprint density at radius 2 is 1.94 bits per heavy atom. The molecule has 2 saturated carbocycles. The van der Waals surface area contributed by atoms with Gasteiger partial charge in [0.05, 0.1) is 0 Å². The van der Waals surface area contributed by atoms with Crippen LogP contribution in [-0.4, -0.2) is 25.8 Å². The van der Waals surface area contributed by atoms with Crippen LogP contribution in [0.3, 0.4) is 0 Å². The zero-order valence-corrected chi connectivity index (χ0v) is 10.7. The first-order valence-electron chi connectivity index (χ1n) is 7.21. The van der Waals surface area contributed by atoms with Crippen LogP contribution in [0.1, 0.15) is 51.9 Å². The molecule has 0 aromatic carbocycles. The van der Waals surface area contributed by atoms with Gasteiger partial charge in [-0.2, -0.15) is 0 Å². The Kier molecular flexibility index (Phi) is 5.11. The second-order valence-corrected chi connectivity index (χ2v) is 5.47. The fourth-order valence-corrected chi connectivity index (χ4v) is 2.92. The molecule has 2 aliphatic carbocycles. The molecule has 0 radical (unpaired) electrons. The molecule has 2 heteroatoms. The van der Waals surface area contributed by atoms with Gasteiger partial charge >= 0.3 is 0 Å². The highest BCUT2D eigenvalue weighted by molar-refractivity contribution is 4.84. The van der Waals surface area contributed by atoms with Gasteiger partial charge in [0, 0.05) is 19.3 Å². The molecule has 1 unspecified atom stereocenters. The molecule has 0 aromatic rings. The second kappa shape index (κ2) is 6.61. The van der Waals surface area contributed by atoms with Crippen LogP contribution < -0.4 is 5.32 Å². The predicted octanol–water partition coefficient (Wildman–Crippen LogP) is 2.97. The molecule has 16 heavy (non-hydrogen) atoms. The molecule has 1 atom stereocenters. The summed E-state index contributed by atoms with van der Waals surface area (Å²) >= 11 is 0. The number of hydrogen-bond acceptors (Lipinski definition) is 2. The summed E-state index contributed by atoms with van der Waals surface area (Å²) in [6, 6.07) is 0.857. The third-order valence-electron chi connectivity index (χ3n) is 4.15. The van der Waals surface area contributed by atoms with E-state index in [4.69, 9.17) is 4.74 Å². The van der Waals surface area contributed by atoms with E-state index in [1.54, 1.807) is 0 Å². The molecular weight excluding hydrogens is 198 g/mol. The molecule has 0 aliphatic heterocycles. The van der Waals surface area contributed by atoms with Crippen LogP contribution in [0.5, 0.6) is 0 Å². The van der Waals surface area contributed by atoms with E-state index in [2.05, 4.69) is 12.2 Å². The van der Waals surface area contributed by atoms with Gasteiger partial charge in [-0.1, -0.05) is 25.7 Å². The first-order chi connectivity index (χ1) is 7.90. The largest absolute Gasteiger partial charge is 0.382 e. The fourth-order valence-electron chi connectivity index (χ4n) is 2.92.